The van der Waals surface area contributed by atoms with Crippen molar-refractivity contribution in [1.82, 2.24) is 0 Å². The molecule has 1 saturated heterocycles. The maximum atomic E-state index is 13.7. The van der Waals surface area contributed by atoms with Crippen molar-refractivity contribution in [3.05, 3.63) is 58.7 Å². The number of carbonyl (C=O) groups is 1. The second-order valence-corrected chi connectivity index (χ2v) is 32.2. The lowest BCUT2D eigenvalue weighted by molar-refractivity contribution is -0.227. The molecule has 1 heterocycles. The summed E-state index contributed by atoms with van der Waals surface area (Å²) in [5.74, 6) is -0.405. The predicted octanol–water partition coefficient (Wildman–Crippen LogP) is 10.7. The van der Waals surface area contributed by atoms with Gasteiger partial charge in [-0.3, -0.25) is 0 Å². The number of halogens is 1. The summed E-state index contributed by atoms with van der Waals surface area (Å²) in [6.07, 6.45) is 1.16. The Balaban J connectivity index is 2.88. The standard InChI is InChI=1S/C36H63IO6Si3/c1-17-21-27-29(40-33(38)26-22-19-18-20-23-26)31(42-45(13,14)35(5,6)7)32(43-46(15,16)36(8,9)10)30(39-27)28(24-25-37)41-44(11,12)34(2,3)4/h17-20,22-25,27-32H,1,21H2,2-16H3/t27-,28-,29-,30-,31-,32+/m0/s1. The van der Waals surface area contributed by atoms with Gasteiger partial charge in [-0.2, -0.15) is 0 Å². The first-order valence-corrected chi connectivity index (χ1v) is 26.6. The summed E-state index contributed by atoms with van der Waals surface area (Å²) in [5.41, 5.74) is 0.488. The molecule has 0 aromatic heterocycles. The summed E-state index contributed by atoms with van der Waals surface area (Å²) in [6, 6.07) is 9.13. The molecule has 262 valence electrons. The van der Waals surface area contributed by atoms with Crippen molar-refractivity contribution < 1.29 is 27.5 Å². The Kier molecular flexibility index (Phi) is 14.0. The quantitative estimate of drug-likeness (QED) is 0.0908. The molecule has 0 spiro atoms. The van der Waals surface area contributed by atoms with E-state index in [0.717, 1.165) is 0 Å². The molecule has 0 saturated carbocycles. The zero-order chi connectivity index (χ0) is 35.5. The molecule has 6 atom stereocenters. The van der Waals surface area contributed by atoms with Crippen LogP contribution in [0.25, 0.3) is 0 Å². The van der Waals surface area contributed by atoms with Crippen molar-refractivity contribution in [1.29, 1.82) is 0 Å². The smallest absolute Gasteiger partial charge is 0.338 e. The molecule has 10 heteroatoms. The molecular weight excluding hydrogens is 740 g/mol. The number of esters is 1. The van der Waals surface area contributed by atoms with E-state index in [1.807, 2.05) is 28.4 Å². The van der Waals surface area contributed by atoms with Crippen LogP contribution in [0.3, 0.4) is 0 Å². The summed E-state index contributed by atoms with van der Waals surface area (Å²) >= 11 is 2.26. The summed E-state index contributed by atoms with van der Waals surface area (Å²) in [4.78, 5) is 13.7. The lowest BCUT2D eigenvalue weighted by Gasteiger charge is -2.54. The molecule has 46 heavy (non-hydrogen) atoms. The van der Waals surface area contributed by atoms with Crippen LogP contribution in [-0.4, -0.2) is 67.5 Å². The minimum absolute atomic E-state index is 0.0138. The number of rotatable bonds is 12. The molecule has 2 rings (SSSR count). The monoisotopic (exact) mass is 802 g/mol. The highest BCUT2D eigenvalue weighted by Crippen LogP contribution is 2.46. The molecule has 0 bridgehead atoms. The zero-order valence-corrected chi connectivity index (χ0v) is 36.5. The van der Waals surface area contributed by atoms with Gasteiger partial charge in [0.15, 0.2) is 31.1 Å². The first kappa shape index (κ1) is 41.6. The Morgan fingerprint density at radius 3 is 1.74 bits per heavy atom. The van der Waals surface area contributed by atoms with Crippen molar-refractivity contribution in [2.24, 2.45) is 0 Å². The van der Waals surface area contributed by atoms with Crippen LogP contribution in [0.4, 0.5) is 0 Å². The molecule has 0 aliphatic carbocycles. The summed E-state index contributed by atoms with van der Waals surface area (Å²) < 4.78 is 37.5. The Bertz CT molecular complexity index is 1180. The third-order valence-corrected chi connectivity index (χ3v) is 24.5. The van der Waals surface area contributed by atoms with Gasteiger partial charge in [0.1, 0.15) is 24.4 Å². The highest BCUT2D eigenvalue weighted by molar-refractivity contribution is 14.1. The summed E-state index contributed by atoms with van der Waals surface area (Å²) in [7, 11) is -7.10. The minimum Gasteiger partial charge on any atom is -0.453 e. The van der Waals surface area contributed by atoms with Crippen LogP contribution in [0.2, 0.25) is 54.4 Å². The molecule has 1 aromatic rings. The van der Waals surface area contributed by atoms with Gasteiger partial charge in [-0.1, -0.05) is 109 Å². The largest absolute Gasteiger partial charge is 0.453 e. The first-order valence-electron chi connectivity index (χ1n) is 16.6. The number of ether oxygens (including phenoxy) is 2. The average Bonchev–Trinajstić information content (AvgIpc) is 2.89. The molecule has 1 fully saturated rings. The van der Waals surface area contributed by atoms with Gasteiger partial charge in [0.2, 0.25) is 0 Å². The Labute approximate surface area is 297 Å². The van der Waals surface area contributed by atoms with Gasteiger partial charge in [-0.05, 0) is 83.1 Å². The van der Waals surface area contributed by atoms with Crippen LogP contribution in [0, 0.1) is 0 Å². The van der Waals surface area contributed by atoms with Crippen molar-refractivity contribution in [2.45, 2.75) is 160 Å². The number of benzene rings is 1. The van der Waals surface area contributed by atoms with Crippen molar-refractivity contribution in [2.75, 3.05) is 0 Å². The summed E-state index contributed by atoms with van der Waals surface area (Å²) in [6.45, 7) is 37.7. The SMILES string of the molecule is C=CC[C@@H]1O[C@@H]([C@H](C=CI)O[Si](C)(C)C(C)(C)C)[C@@H](O[Si](C)(C)C(C)(C)C)[C@@H](O[Si](C)(C)C(C)(C)C)[C@H]1OC(=O)c1ccccc1. The van der Waals surface area contributed by atoms with Crippen LogP contribution in [-0.2, 0) is 22.8 Å². The maximum Gasteiger partial charge on any atom is 0.338 e. The van der Waals surface area contributed by atoms with Gasteiger partial charge in [0, 0.05) is 0 Å². The first-order chi connectivity index (χ1) is 20.8. The maximum absolute atomic E-state index is 13.7. The minimum atomic E-state index is -2.43. The van der Waals surface area contributed by atoms with Gasteiger partial charge in [0.25, 0.3) is 0 Å². The van der Waals surface area contributed by atoms with Crippen molar-refractivity contribution in [3.8, 4) is 0 Å². The average molecular weight is 803 g/mol. The Morgan fingerprint density at radius 2 is 1.30 bits per heavy atom. The fourth-order valence-electron chi connectivity index (χ4n) is 4.58. The van der Waals surface area contributed by atoms with E-state index in [2.05, 4.69) is 137 Å². The molecule has 0 N–H and O–H groups in total. The number of hydrogen-bond donors (Lipinski definition) is 0. The van der Waals surface area contributed by atoms with E-state index in [1.165, 1.54) is 0 Å². The fourth-order valence-corrected chi connectivity index (χ4v) is 8.84. The van der Waals surface area contributed by atoms with E-state index < -0.39 is 67.5 Å². The second-order valence-electron chi connectivity index (χ2n) is 17.2. The van der Waals surface area contributed by atoms with Crippen LogP contribution >= 0.6 is 22.6 Å². The van der Waals surface area contributed by atoms with Gasteiger partial charge in [-0.15, -0.1) is 6.58 Å². The van der Waals surface area contributed by atoms with Crippen LogP contribution < -0.4 is 0 Å². The zero-order valence-electron chi connectivity index (χ0n) is 31.3. The van der Waals surface area contributed by atoms with Gasteiger partial charge in [0.05, 0.1) is 11.7 Å². The number of hydrogen-bond acceptors (Lipinski definition) is 6. The van der Waals surface area contributed by atoms with E-state index in [0.29, 0.717) is 12.0 Å². The van der Waals surface area contributed by atoms with Gasteiger partial charge in [-0.25, -0.2) is 4.79 Å². The van der Waals surface area contributed by atoms with Crippen LogP contribution in [0.1, 0.15) is 79.1 Å². The molecule has 0 unspecified atom stereocenters. The lowest BCUT2D eigenvalue weighted by atomic mass is 9.90. The second kappa shape index (κ2) is 15.5. The predicted molar refractivity (Wildman–Crippen MR) is 208 cm³/mol. The third-order valence-electron chi connectivity index (χ3n) is 10.6. The Hall–Kier alpha value is -0.609. The molecule has 1 aliphatic rings. The fraction of sp³-hybridized carbons (Fsp3) is 0.694. The summed E-state index contributed by atoms with van der Waals surface area (Å²) in [5, 5.41) is -0.189. The van der Waals surface area contributed by atoms with Crippen molar-refractivity contribution >= 4 is 53.5 Å². The van der Waals surface area contributed by atoms with Crippen molar-refractivity contribution in [3.63, 3.8) is 0 Å². The molecule has 0 radical (unpaired) electrons. The number of carbonyl (C=O) groups excluding carboxylic acids is 1. The van der Waals surface area contributed by atoms with Gasteiger partial charge < -0.3 is 22.8 Å². The molecule has 1 aliphatic heterocycles. The normalized spacial score (nSPS) is 24.6. The molecule has 1 aromatic carbocycles. The van der Waals surface area contributed by atoms with Gasteiger partial charge >= 0.3 is 5.97 Å². The third kappa shape index (κ3) is 10.2. The van der Waals surface area contributed by atoms with E-state index in [9.17, 15) is 4.79 Å². The van der Waals surface area contributed by atoms with Crippen LogP contribution in [0.5, 0.6) is 0 Å². The highest BCUT2D eigenvalue weighted by Gasteiger charge is 2.57. The molecule has 6 nitrogen and oxygen atoms in total. The van der Waals surface area contributed by atoms with E-state index in [-0.39, 0.29) is 15.1 Å². The topological polar surface area (TPSA) is 63.2 Å². The van der Waals surface area contributed by atoms with Crippen LogP contribution in [0.15, 0.2) is 53.1 Å². The van der Waals surface area contributed by atoms with E-state index in [1.54, 1.807) is 12.1 Å². The highest BCUT2D eigenvalue weighted by atomic mass is 127. The van der Waals surface area contributed by atoms with E-state index >= 15 is 0 Å². The lowest BCUT2D eigenvalue weighted by Crippen LogP contribution is -2.68. The Morgan fingerprint density at radius 1 is 0.826 bits per heavy atom. The molecular formula is C36H63IO6Si3. The molecule has 0 amide bonds. The van der Waals surface area contributed by atoms with E-state index in [4.69, 9.17) is 22.8 Å².